The second-order valence-electron chi connectivity index (χ2n) is 12.8. The predicted molar refractivity (Wildman–Crippen MR) is 193 cm³/mol. The van der Waals surface area contributed by atoms with Gasteiger partial charge in [0.05, 0.1) is 34.7 Å². The van der Waals surface area contributed by atoms with Gasteiger partial charge in [-0.05, 0) is 44.0 Å². The first-order chi connectivity index (χ1) is 25.9. The van der Waals surface area contributed by atoms with Crippen LogP contribution in [0.15, 0.2) is 104 Å². The molecule has 8 aromatic rings. The van der Waals surface area contributed by atoms with E-state index in [1.165, 1.54) is 9.03 Å². The zero-order valence-electron chi connectivity index (χ0n) is 29.6. The molecule has 8 rings (SSSR count). The van der Waals surface area contributed by atoms with Crippen LogP contribution in [0.5, 0.6) is 0 Å². The normalized spacial score (nSPS) is 11.8. The van der Waals surface area contributed by atoms with E-state index in [1.54, 1.807) is 25.1 Å². The van der Waals surface area contributed by atoms with Crippen LogP contribution >= 0.6 is 0 Å². The highest BCUT2D eigenvalue weighted by molar-refractivity contribution is 5.59. The number of hydrogen-bond donors (Lipinski definition) is 0. The van der Waals surface area contributed by atoms with Gasteiger partial charge in [-0.25, -0.2) is 37.7 Å². The van der Waals surface area contributed by atoms with Gasteiger partial charge in [0.1, 0.15) is 17.3 Å². The number of rotatable bonds is 9. The molecule has 54 heavy (non-hydrogen) atoms. The lowest BCUT2D eigenvalue weighted by atomic mass is 10.2. The molecule has 15 heteroatoms. The van der Waals surface area contributed by atoms with Crippen molar-refractivity contribution in [1.29, 1.82) is 0 Å². The first-order valence-corrected chi connectivity index (χ1v) is 17.1. The zero-order chi connectivity index (χ0) is 38.0. The quantitative estimate of drug-likeness (QED) is 0.139. The van der Waals surface area contributed by atoms with Crippen molar-refractivity contribution in [3.8, 4) is 22.5 Å². The summed E-state index contributed by atoms with van der Waals surface area (Å²) >= 11 is 0. The number of hydrogen-bond acceptors (Lipinski definition) is 6. The maximum Gasteiger partial charge on any atom is 0.434 e. The fourth-order valence-corrected chi connectivity index (χ4v) is 6.08. The number of imidazole rings is 4. The van der Waals surface area contributed by atoms with Gasteiger partial charge in [0.25, 0.3) is 6.43 Å². The minimum absolute atomic E-state index is 0.175. The second kappa shape index (κ2) is 15.0. The van der Waals surface area contributed by atoms with Crippen molar-refractivity contribution in [2.24, 2.45) is 14.1 Å². The molecule has 0 fully saturated rings. The Bertz CT molecular complexity index is 2510. The highest BCUT2D eigenvalue weighted by Crippen LogP contribution is 2.28. The van der Waals surface area contributed by atoms with Crippen LogP contribution in [-0.4, -0.2) is 48.3 Å². The van der Waals surface area contributed by atoms with E-state index in [2.05, 4.69) is 25.1 Å². The van der Waals surface area contributed by atoms with Gasteiger partial charge in [0.15, 0.2) is 17.0 Å². The van der Waals surface area contributed by atoms with Crippen molar-refractivity contribution in [1.82, 2.24) is 48.3 Å². The summed E-state index contributed by atoms with van der Waals surface area (Å²) in [5.74, 6) is 1.84. The zero-order valence-corrected chi connectivity index (χ0v) is 29.6. The molecule has 0 saturated carbocycles. The van der Waals surface area contributed by atoms with E-state index in [-0.39, 0.29) is 11.3 Å². The van der Waals surface area contributed by atoms with E-state index in [1.807, 2.05) is 102 Å². The largest absolute Gasteiger partial charge is 0.434 e. The molecular weight excluding hydrogens is 703 g/mol. The van der Waals surface area contributed by atoms with Gasteiger partial charge in [0, 0.05) is 50.5 Å². The molecule has 0 saturated heterocycles. The Morgan fingerprint density at radius 1 is 0.593 bits per heavy atom. The molecule has 6 aromatic heterocycles. The van der Waals surface area contributed by atoms with Crippen LogP contribution in [0.4, 0.5) is 22.0 Å². The van der Waals surface area contributed by atoms with E-state index in [9.17, 15) is 22.0 Å². The molecule has 0 aliphatic rings. The summed E-state index contributed by atoms with van der Waals surface area (Å²) in [5, 5.41) is 8.71. The summed E-state index contributed by atoms with van der Waals surface area (Å²) in [7, 11) is 3.90. The molecule has 0 spiro atoms. The summed E-state index contributed by atoms with van der Waals surface area (Å²) < 4.78 is 71.0. The molecule has 0 aliphatic carbocycles. The number of aryl methyl sites for hydroxylation is 7. The smallest absolute Gasteiger partial charge is 0.337 e. The van der Waals surface area contributed by atoms with E-state index in [0.29, 0.717) is 42.7 Å². The fraction of sp³-hybridized carbons (Fsp3) is 0.231. The minimum Gasteiger partial charge on any atom is -0.337 e. The van der Waals surface area contributed by atoms with Gasteiger partial charge in [-0.3, -0.25) is 0 Å². The topological polar surface area (TPSA) is 96.0 Å². The summed E-state index contributed by atoms with van der Waals surface area (Å²) in [6.45, 7) is 1.61. The molecule has 0 unspecified atom stereocenters. The highest BCUT2D eigenvalue weighted by atomic mass is 19.4. The third kappa shape index (κ3) is 7.89. The van der Waals surface area contributed by atoms with Crippen molar-refractivity contribution >= 4 is 11.3 Å². The monoisotopic (exact) mass is 738 g/mol. The lowest BCUT2D eigenvalue weighted by Crippen LogP contribution is -2.04. The van der Waals surface area contributed by atoms with Crippen molar-refractivity contribution < 1.29 is 22.0 Å². The van der Waals surface area contributed by atoms with Gasteiger partial charge in [-0.1, -0.05) is 60.7 Å². The van der Waals surface area contributed by atoms with Crippen molar-refractivity contribution in [3.05, 3.63) is 144 Å². The average molecular weight is 739 g/mol. The van der Waals surface area contributed by atoms with Gasteiger partial charge in [-0.15, -0.1) is 0 Å². The predicted octanol–water partition coefficient (Wildman–Crippen LogP) is 8.09. The van der Waals surface area contributed by atoms with Gasteiger partial charge in [0.2, 0.25) is 0 Å². The molecule has 0 bridgehead atoms. The minimum atomic E-state index is -4.48. The van der Waals surface area contributed by atoms with Gasteiger partial charge in [-0.2, -0.15) is 23.4 Å². The molecule has 0 aliphatic heterocycles. The second-order valence-corrected chi connectivity index (χ2v) is 12.8. The van der Waals surface area contributed by atoms with Crippen LogP contribution in [0.2, 0.25) is 0 Å². The standard InChI is InChI=1S/C20H19F2N5.C19H16F3N5/c1-13-19(20(21)22)24-18-11-9-15(25-27(13)18)8-10-17-23-16(12-26(17)2)14-6-4-3-5-7-14;1-26-11-15(13-5-3-2-4-6-13)23-17(26)9-7-14-8-10-18-24-16(19(20,21)22)12-27(18)25-14/h3-7,9,11-12,20H,8,10H2,1-2H3;2-6,8,10-12H,7,9H2,1H3. The first kappa shape index (κ1) is 36.1. The highest BCUT2D eigenvalue weighted by Gasteiger charge is 2.34. The van der Waals surface area contributed by atoms with E-state index < -0.39 is 18.3 Å². The Morgan fingerprint density at radius 3 is 1.63 bits per heavy atom. The maximum absolute atomic E-state index is 13.0. The lowest BCUT2D eigenvalue weighted by molar-refractivity contribution is -0.140. The van der Waals surface area contributed by atoms with Crippen molar-refractivity contribution in [2.45, 2.75) is 45.2 Å². The van der Waals surface area contributed by atoms with Crippen molar-refractivity contribution in [2.75, 3.05) is 0 Å². The van der Waals surface area contributed by atoms with Gasteiger partial charge < -0.3 is 9.13 Å². The third-order valence-corrected chi connectivity index (χ3v) is 8.96. The van der Waals surface area contributed by atoms with Crippen LogP contribution in [-0.2, 0) is 46.0 Å². The van der Waals surface area contributed by atoms with Crippen LogP contribution in [0, 0.1) is 6.92 Å². The molecule has 0 radical (unpaired) electrons. The average Bonchev–Trinajstić information content (AvgIpc) is 3.95. The molecule has 0 atom stereocenters. The van der Waals surface area contributed by atoms with Gasteiger partial charge >= 0.3 is 6.18 Å². The van der Waals surface area contributed by atoms with Crippen LogP contribution in [0.1, 0.15) is 46.5 Å². The third-order valence-electron chi connectivity index (χ3n) is 8.96. The summed E-state index contributed by atoms with van der Waals surface area (Å²) in [6, 6.07) is 26.7. The number of fused-ring (bicyclic) bond motifs is 2. The number of alkyl halides is 5. The van der Waals surface area contributed by atoms with E-state index >= 15 is 0 Å². The molecular formula is C39H35F5N10. The SMILES string of the molecule is Cc1c(C(F)F)nc2ccc(CCc3nc(-c4ccccc4)cn3C)nn12.Cn1cc(-c2ccccc2)nc1CCc1ccc2nc(C(F)(F)F)cn2n1. The number of aromatic nitrogens is 10. The summed E-state index contributed by atoms with van der Waals surface area (Å²) in [4.78, 5) is 16.9. The van der Waals surface area contributed by atoms with Crippen LogP contribution < -0.4 is 0 Å². The Balaban J connectivity index is 0.000000167. The number of nitrogens with zero attached hydrogens (tertiary/aromatic N) is 10. The molecule has 276 valence electrons. The molecule has 6 heterocycles. The summed E-state index contributed by atoms with van der Waals surface area (Å²) in [5.41, 5.74) is 5.27. The summed E-state index contributed by atoms with van der Waals surface area (Å²) in [6.07, 6.45) is 0.370. The molecule has 2 aromatic carbocycles. The van der Waals surface area contributed by atoms with E-state index in [0.717, 1.165) is 46.1 Å². The lowest BCUT2D eigenvalue weighted by Gasteiger charge is -2.03. The number of benzene rings is 2. The molecule has 0 amide bonds. The Labute approximate surface area is 306 Å². The van der Waals surface area contributed by atoms with Crippen molar-refractivity contribution in [3.63, 3.8) is 0 Å². The Kier molecular flexibility index (Phi) is 10.0. The Morgan fingerprint density at radius 2 is 1.11 bits per heavy atom. The van der Waals surface area contributed by atoms with Crippen LogP contribution in [0.3, 0.4) is 0 Å². The molecule has 10 nitrogen and oxygen atoms in total. The molecule has 0 N–H and O–H groups in total. The van der Waals surface area contributed by atoms with E-state index in [4.69, 9.17) is 4.98 Å². The maximum atomic E-state index is 13.0. The Hall–Kier alpha value is -6.25. The van der Waals surface area contributed by atoms with Crippen LogP contribution in [0.25, 0.3) is 33.8 Å². The fourth-order valence-electron chi connectivity index (χ4n) is 6.08. The first-order valence-electron chi connectivity index (χ1n) is 17.1. The number of halogens is 5.